The zero-order valence-electron chi connectivity index (χ0n) is 16.7. The Labute approximate surface area is 169 Å². The Balaban J connectivity index is 1.79. The van der Waals surface area contributed by atoms with Crippen molar-refractivity contribution < 1.29 is 9.47 Å². The van der Waals surface area contributed by atoms with E-state index in [1.54, 1.807) is 11.8 Å². The van der Waals surface area contributed by atoms with Gasteiger partial charge in [-0.1, -0.05) is 18.2 Å². The number of nitrogens with zero attached hydrogens (tertiary/aromatic N) is 2. The molecule has 1 saturated heterocycles. The largest absolute Gasteiger partial charge is 0.497 e. The summed E-state index contributed by atoms with van der Waals surface area (Å²) in [4.78, 5) is 18.0. The number of aromatic nitrogens is 2. The summed E-state index contributed by atoms with van der Waals surface area (Å²) in [6.45, 7) is 3.26. The number of methoxy groups -OCH3 is 1. The first-order valence-corrected chi connectivity index (χ1v) is 9.85. The van der Waals surface area contributed by atoms with Crippen LogP contribution in [0.5, 0.6) is 5.75 Å². The van der Waals surface area contributed by atoms with Gasteiger partial charge in [0.05, 0.1) is 36.7 Å². The molecule has 2 heterocycles. The fourth-order valence-corrected chi connectivity index (χ4v) is 3.60. The zero-order chi connectivity index (χ0) is 20.2. The van der Waals surface area contributed by atoms with Crippen LogP contribution in [0.1, 0.15) is 25.3 Å². The molecule has 1 unspecified atom stereocenters. The van der Waals surface area contributed by atoms with E-state index in [1.165, 1.54) is 0 Å². The lowest BCUT2D eigenvalue weighted by Crippen LogP contribution is -2.20. The topological polar surface area (TPSA) is 68.6 Å². The quantitative estimate of drug-likeness (QED) is 0.650. The summed E-state index contributed by atoms with van der Waals surface area (Å²) in [6, 6.07) is 17.2. The first kappa shape index (κ1) is 19.2. The van der Waals surface area contributed by atoms with E-state index in [0.717, 1.165) is 42.1 Å². The fourth-order valence-electron chi connectivity index (χ4n) is 3.60. The molecule has 0 amide bonds. The highest BCUT2D eigenvalue weighted by Gasteiger charge is 2.20. The molecule has 1 atom stereocenters. The number of aromatic amines is 1. The Kier molecular flexibility index (Phi) is 5.62. The van der Waals surface area contributed by atoms with Crippen LogP contribution in [0.2, 0.25) is 0 Å². The van der Waals surface area contributed by atoms with Crippen molar-refractivity contribution in [1.29, 1.82) is 0 Å². The Morgan fingerprint density at radius 2 is 1.97 bits per heavy atom. The molecule has 1 aliphatic rings. The van der Waals surface area contributed by atoms with Gasteiger partial charge in [-0.05, 0) is 56.2 Å². The van der Waals surface area contributed by atoms with Gasteiger partial charge in [-0.3, -0.25) is 14.9 Å². The predicted octanol–water partition coefficient (Wildman–Crippen LogP) is 3.83. The van der Waals surface area contributed by atoms with Crippen LogP contribution in [0.4, 0.5) is 0 Å². The molecule has 29 heavy (non-hydrogen) atoms. The molecule has 0 bridgehead atoms. The molecule has 0 radical (unpaired) electrons. The third-order valence-electron chi connectivity index (χ3n) is 5.20. The van der Waals surface area contributed by atoms with Gasteiger partial charge in [0.25, 0.3) is 5.56 Å². The van der Waals surface area contributed by atoms with E-state index in [-0.39, 0.29) is 11.7 Å². The minimum absolute atomic E-state index is 0.115. The minimum Gasteiger partial charge on any atom is -0.497 e. The minimum atomic E-state index is -0.115. The van der Waals surface area contributed by atoms with E-state index in [4.69, 9.17) is 14.5 Å². The lowest BCUT2D eigenvalue weighted by molar-refractivity contribution is 0.118. The molecule has 0 spiro atoms. The highest BCUT2D eigenvalue weighted by molar-refractivity contribution is 6.03. The smallest absolute Gasteiger partial charge is 0.280 e. The van der Waals surface area contributed by atoms with Gasteiger partial charge in [0.15, 0.2) is 0 Å². The van der Waals surface area contributed by atoms with Crippen LogP contribution in [0.15, 0.2) is 64.4 Å². The standard InChI is InChI=1S/C23H25N3O3/c1-16(24-15-20-9-6-14-29-20)21-22(17-10-12-19(28-2)13-11-17)25-26(23(21)27)18-7-4-3-5-8-18/h3-5,7-8,10-13,20,25H,6,9,14-15H2,1-2H3. The number of H-pyrrole nitrogens is 1. The van der Waals surface area contributed by atoms with Crippen LogP contribution < -0.4 is 10.3 Å². The highest BCUT2D eigenvalue weighted by Crippen LogP contribution is 2.24. The monoisotopic (exact) mass is 391 g/mol. The third-order valence-corrected chi connectivity index (χ3v) is 5.20. The SMILES string of the molecule is COc1ccc(-c2[nH]n(-c3ccccc3)c(=O)c2C(C)=NCC2CCCO2)cc1. The van der Waals surface area contributed by atoms with Gasteiger partial charge in [-0.25, -0.2) is 4.68 Å². The molecular weight excluding hydrogens is 366 g/mol. The van der Waals surface area contributed by atoms with Crippen LogP contribution >= 0.6 is 0 Å². The number of ether oxygens (including phenoxy) is 2. The second-order valence-corrected chi connectivity index (χ2v) is 7.13. The van der Waals surface area contributed by atoms with Crippen molar-refractivity contribution in [1.82, 2.24) is 9.78 Å². The van der Waals surface area contributed by atoms with E-state index in [0.29, 0.717) is 17.8 Å². The zero-order valence-corrected chi connectivity index (χ0v) is 16.7. The molecule has 1 fully saturated rings. The number of hydrogen-bond donors (Lipinski definition) is 1. The average Bonchev–Trinajstić information content (AvgIpc) is 3.40. The average molecular weight is 391 g/mol. The molecule has 1 N–H and O–H groups in total. The van der Waals surface area contributed by atoms with Gasteiger partial charge in [-0.15, -0.1) is 0 Å². The van der Waals surface area contributed by atoms with Gasteiger partial charge in [0, 0.05) is 17.9 Å². The van der Waals surface area contributed by atoms with Crippen LogP contribution in [0, 0.1) is 0 Å². The van der Waals surface area contributed by atoms with Crippen LogP contribution in [0.25, 0.3) is 16.9 Å². The Hall–Kier alpha value is -3.12. The van der Waals surface area contributed by atoms with Crippen molar-refractivity contribution >= 4 is 5.71 Å². The Morgan fingerprint density at radius 3 is 2.62 bits per heavy atom. The molecule has 2 aromatic carbocycles. The summed E-state index contributed by atoms with van der Waals surface area (Å²) in [5, 5.41) is 3.28. The van der Waals surface area contributed by atoms with Crippen molar-refractivity contribution in [2.24, 2.45) is 4.99 Å². The van der Waals surface area contributed by atoms with Crippen molar-refractivity contribution in [2.45, 2.75) is 25.9 Å². The number of nitrogens with one attached hydrogen (secondary N) is 1. The van der Waals surface area contributed by atoms with Crippen molar-refractivity contribution in [3.8, 4) is 22.7 Å². The normalized spacial score (nSPS) is 16.9. The van der Waals surface area contributed by atoms with Gasteiger partial charge in [-0.2, -0.15) is 0 Å². The number of rotatable bonds is 6. The third kappa shape index (κ3) is 4.03. The Morgan fingerprint density at radius 1 is 1.21 bits per heavy atom. The fraction of sp³-hybridized carbons (Fsp3) is 0.304. The van der Waals surface area contributed by atoms with Crippen LogP contribution in [-0.2, 0) is 4.74 Å². The van der Waals surface area contributed by atoms with Gasteiger partial charge < -0.3 is 9.47 Å². The second kappa shape index (κ2) is 8.49. The lowest BCUT2D eigenvalue weighted by atomic mass is 10.0. The van der Waals surface area contributed by atoms with Gasteiger partial charge in [0.1, 0.15) is 5.75 Å². The van der Waals surface area contributed by atoms with Crippen molar-refractivity contribution in [2.75, 3.05) is 20.3 Å². The molecule has 6 nitrogen and oxygen atoms in total. The van der Waals surface area contributed by atoms with Crippen LogP contribution in [0.3, 0.4) is 0 Å². The maximum atomic E-state index is 13.3. The van der Waals surface area contributed by atoms with Crippen LogP contribution in [-0.4, -0.2) is 41.9 Å². The first-order valence-electron chi connectivity index (χ1n) is 9.85. The number of benzene rings is 2. The summed E-state index contributed by atoms with van der Waals surface area (Å²) in [6.07, 6.45) is 2.23. The van der Waals surface area contributed by atoms with E-state index in [2.05, 4.69) is 5.10 Å². The second-order valence-electron chi connectivity index (χ2n) is 7.13. The molecule has 3 aromatic rings. The maximum Gasteiger partial charge on any atom is 0.280 e. The number of aliphatic imine (C=N–C) groups is 1. The van der Waals surface area contributed by atoms with E-state index < -0.39 is 0 Å². The molecule has 1 aliphatic heterocycles. The molecule has 1 aromatic heterocycles. The first-order chi connectivity index (χ1) is 14.2. The lowest BCUT2D eigenvalue weighted by Gasteiger charge is -2.07. The molecule has 0 aliphatic carbocycles. The molecule has 6 heteroatoms. The molecule has 150 valence electrons. The van der Waals surface area contributed by atoms with Crippen molar-refractivity contribution in [3.05, 3.63) is 70.5 Å². The summed E-state index contributed by atoms with van der Waals surface area (Å²) in [5.74, 6) is 0.768. The highest BCUT2D eigenvalue weighted by atomic mass is 16.5. The maximum absolute atomic E-state index is 13.3. The summed E-state index contributed by atoms with van der Waals surface area (Å²) >= 11 is 0. The predicted molar refractivity (Wildman–Crippen MR) is 114 cm³/mol. The summed E-state index contributed by atoms with van der Waals surface area (Å²) in [5.41, 5.74) is 3.61. The summed E-state index contributed by atoms with van der Waals surface area (Å²) < 4.78 is 12.5. The van der Waals surface area contributed by atoms with E-state index in [1.807, 2.05) is 61.5 Å². The Bertz CT molecular complexity index is 1040. The van der Waals surface area contributed by atoms with Crippen molar-refractivity contribution in [3.63, 3.8) is 0 Å². The number of para-hydroxylation sites is 1. The van der Waals surface area contributed by atoms with E-state index in [9.17, 15) is 4.79 Å². The van der Waals surface area contributed by atoms with Gasteiger partial charge >= 0.3 is 0 Å². The molecule has 4 rings (SSSR count). The number of hydrogen-bond acceptors (Lipinski definition) is 4. The molecular formula is C23H25N3O3. The van der Waals surface area contributed by atoms with E-state index >= 15 is 0 Å². The summed E-state index contributed by atoms with van der Waals surface area (Å²) in [7, 11) is 1.64. The molecule has 0 saturated carbocycles. The van der Waals surface area contributed by atoms with Gasteiger partial charge in [0.2, 0.25) is 0 Å².